The average Bonchev–Trinajstić information content (AvgIpc) is 2.83. The van der Waals surface area contributed by atoms with Crippen LogP contribution in [-0.4, -0.2) is 16.1 Å². The molecule has 0 N–H and O–H groups in total. The second kappa shape index (κ2) is 6.40. The molecular formula is C13H15ClN2O2. The summed E-state index contributed by atoms with van der Waals surface area (Å²) in [5.74, 6) is 2.53. The minimum absolute atomic E-state index is 0.290. The van der Waals surface area contributed by atoms with Gasteiger partial charge in [-0.1, -0.05) is 18.2 Å². The highest BCUT2D eigenvalue weighted by Crippen LogP contribution is 2.17. The lowest BCUT2D eigenvalue weighted by Gasteiger charge is -2.05. The van der Waals surface area contributed by atoms with Crippen molar-refractivity contribution >= 4 is 11.6 Å². The molecule has 0 atom stereocenters. The van der Waals surface area contributed by atoms with Gasteiger partial charge in [0.25, 0.3) is 5.89 Å². The van der Waals surface area contributed by atoms with Gasteiger partial charge in [-0.2, -0.15) is 0 Å². The van der Waals surface area contributed by atoms with Gasteiger partial charge in [0.2, 0.25) is 5.89 Å². The normalized spacial score (nSPS) is 10.6. The first-order chi connectivity index (χ1) is 8.79. The first-order valence-corrected chi connectivity index (χ1v) is 6.38. The zero-order chi connectivity index (χ0) is 12.8. The highest BCUT2D eigenvalue weighted by Gasteiger charge is 2.07. The number of benzene rings is 1. The minimum atomic E-state index is 0.290. The van der Waals surface area contributed by atoms with Crippen LogP contribution in [0, 0.1) is 6.92 Å². The molecule has 0 unspecified atom stereocenters. The Morgan fingerprint density at radius 2 is 2.00 bits per heavy atom. The third-order valence-corrected chi connectivity index (χ3v) is 2.74. The number of halogens is 1. The fraction of sp³-hybridized carbons (Fsp3) is 0.385. The highest BCUT2D eigenvalue weighted by molar-refractivity contribution is 6.17. The molecule has 0 spiro atoms. The van der Waals surface area contributed by atoms with E-state index in [1.165, 1.54) is 0 Å². The Morgan fingerprint density at radius 3 is 2.78 bits per heavy atom. The number of ether oxygens (including phenoxy) is 1. The number of rotatable bonds is 6. The molecule has 0 aliphatic heterocycles. The van der Waals surface area contributed by atoms with Crippen LogP contribution in [0.2, 0.25) is 0 Å². The SMILES string of the molecule is Cc1ccccc1OCc1nnc(CCCCl)o1. The quantitative estimate of drug-likeness (QED) is 0.754. The molecule has 0 amide bonds. The predicted octanol–water partition coefficient (Wildman–Crippen LogP) is 3.13. The number of aromatic nitrogens is 2. The Balaban J connectivity index is 1.90. The average molecular weight is 267 g/mol. The summed E-state index contributed by atoms with van der Waals surface area (Å²) in [5.41, 5.74) is 1.08. The number of alkyl halides is 1. The molecular weight excluding hydrogens is 252 g/mol. The van der Waals surface area contributed by atoms with Gasteiger partial charge in [-0.3, -0.25) is 0 Å². The van der Waals surface area contributed by atoms with E-state index in [2.05, 4.69) is 10.2 Å². The van der Waals surface area contributed by atoms with Crippen LogP contribution in [0.5, 0.6) is 5.75 Å². The molecule has 5 heteroatoms. The van der Waals surface area contributed by atoms with Crippen molar-refractivity contribution in [2.24, 2.45) is 0 Å². The van der Waals surface area contributed by atoms with Gasteiger partial charge in [0.05, 0.1) is 0 Å². The zero-order valence-corrected chi connectivity index (χ0v) is 11.0. The largest absolute Gasteiger partial charge is 0.484 e. The summed E-state index contributed by atoms with van der Waals surface area (Å²) in [7, 11) is 0. The lowest BCUT2D eigenvalue weighted by Crippen LogP contribution is -1.97. The Bertz CT molecular complexity index is 499. The van der Waals surface area contributed by atoms with Crippen molar-refractivity contribution in [1.29, 1.82) is 0 Å². The van der Waals surface area contributed by atoms with Crippen molar-refractivity contribution < 1.29 is 9.15 Å². The Morgan fingerprint density at radius 1 is 1.22 bits per heavy atom. The molecule has 1 heterocycles. The monoisotopic (exact) mass is 266 g/mol. The molecule has 1 aromatic carbocycles. The van der Waals surface area contributed by atoms with Crippen molar-refractivity contribution in [3.05, 3.63) is 41.6 Å². The van der Waals surface area contributed by atoms with Crippen LogP contribution in [0.25, 0.3) is 0 Å². The summed E-state index contributed by atoms with van der Waals surface area (Å²) in [4.78, 5) is 0. The summed E-state index contributed by atoms with van der Waals surface area (Å²) in [5, 5.41) is 7.86. The summed E-state index contributed by atoms with van der Waals surface area (Å²) in [6.45, 7) is 2.29. The van der Waals surface area contributed by atoms with E-state index >= 15 is 0 Å². The number of aryl methyl sites for hydroxylation is 2. The van der Waals surface area contributed by atoms with Gasteiger partial charge in [0, 0.05) is 12.3 Å². The van der Waals surface area contributed by atoms with Crippen molar-refractivity contribution in [2.45, 2.75) is 26.4 Å². The smallest absolute Gasteiger partial charge is 0.253 e. The maximum atomic E-state index is 5.62. The maximum Gasteiger partial charge on any atom is 0.253 e. The van der Waals surface area contributed by atoms with Crippen LogP contribution in [-0.2, 0) is 13.0 Å². The third kappa shape index (κ3) is 3.47. The lowest BCUT2D eigenvalue weighted by molar-refractivity contribution is 0.257. The molecule has 1 aromatic heterocycles. The first-order valence-electron chi connectivity index (χ1n) is 5.85. The number of hydrogen-bond acceptors (Lipinski definition) is 4. The molecule has 96 valence electrons. The lowest BCUT2D eigenvalue weighted by atomic mass is 10.2. The van der Waals surface area contributed by atoms with Crippen LogP contribution in [0.15, 0.2) is 28.7 Å². The molecule has 0 aliphatic rings. The van der Waals surface area contributed by atoms with Gasteiger partial charge >= 0.3 is 0 Å². The van der Waals surface area contributed by atoms with E-state index < -0.39 is 0 Å². The minimum Gasteiger partial charge on any atom is -0.484 e. The maximum absolute atomic E-state index is 5.62. The topological polar surface area (TPSA) is 48.2 Å². The van der Waals surface area contributed by atoms with E-state index in [0.717, 1.165) is 17.7 Å². The van der Waals surface area contributed by atoms with E-state index in [0.29, 0.717) is 30.7 Å². The van der Waals surface area contributed by atoms with Gasteiger partial charge in [-0.25, -0.2) is 0 Å². The molecule has 0 saturated carbocycles. The van der Waals surface area contributed by atoms with Crippen LogP contribution < -0.4 is 4.74 Å². The van der Waals surface area contributed by atoms with Crippen LogP contribution in [0.4, 0.5) is 0 Å². The summed E-state index contributed by atoms with van der Waals surface area (Å²) in [6, 6.07) is 7.82. The molecule has 4 nitrogen and oxygen atoms in total. The summed E-state index contributed by atoms with van der Waals surface area (Å²) < 4.78 is 11.1. The van der Waals surface area contributed by atoms with Crippen molar-refractivity contribution in [2.75, 3.05) is 5.88 Å². The van der Waals surface area contributed by atoms with Gasteiger partial charge < -0.3 is 9.15 Å². The van der Waals surface area contributed by atoms with Gasteiger partial charge in [0.15, 0.2) is 6.61 Å². The fourth-order valence-corrected chi connectivity index (χ4v) is 1.66. The molecule has 0 fully saturated rings. The van der Waals surface area contributed by atoms with Crippen LogP contribution in [0.1, 0.15) is 23.8 Å². The molecule has 2 aromatic rings. The number of para-hydroxylation sites is 1. The number of nitrogens with zero attached hydrogens (tertiary/aromatic N) is 2. The fourth-order valence-electron chi connectivity index (χ4n) is 1.52. The summed E-state index contributed by atoms with van der Waals surface area (Å²) in [6.07, 6.45) is 1.54. The molecule has 0 radical (unpaired) electrons. The Labute approximate surface area is 111 Å². The highest BCUT2D eigenvalue weighted by atomic mass is 35.5. The Hall–Kier alpha value is -1.55. The molecule has 2 rings (SSSR count). The first kappa shape index (κ1) is 12.9. The van der Waals surface area contributed by atoms with Crippen LogP contribution >= 0.6 is 11.6 Å². The van der Waals surface area contributed by atoms with Crippen molar-refractivity contribution in [3.63, 3.8) is 0 Å². The third-order valence-electron chi connectivity index (χ3n) is 2.48. The van der Waals surface area contributed by atoms with Crippen LogP contribution in [0.3, 0.4) is 0 Å². The predicted molar refractivity (Wildman–Crippen MR) is 68.9 cm³/mol. The Kier molecular flexibility index (Phi) is 4.59. The van der Waals surface area contributed by atoms with Gasteiger partial charge in [-0.05, 0) is 25.0 Å². The summed E-state index contributed by atoms with van der Waals surface area (Å²) >= 11 is 5.60. The number of hydrogen-bond donors (Lipinski definition) is 0. The van der Waals surface area contributed by atoms with Gasteiger partial charge in [0.1, 0.15) is 5.75 Å². The van der Waals surface area contributed by atoms with E-state index in [1.807, 2.05) is 31.2 Å². The molecule has 0 saturated heterocycles. The van der Waals surface area contributed by atoms with Crippen molar-refractivity contribution in [1.82, 2.24) is 10.2 Å². The van der Waals surface area contributed by atoms with E-state index in [1.54, 1.807) is 0 Å². The second-order valence-corrected chi connectivity index (χ2v) is 4.31. The standard InChI is InChI=1S/C13H15ClN2O2/c1-10-5-2-3-6-11(10)17-9-13-16-15-12(18-13)7-4-8-14/h2-3,5-6H,4,7-9H2,1H3. The zero-order valence-electron chi connectivity index (χ0n) is 10.2. The van der Waals surface area contributed by atoms with E-state index in [4.69, 9.17) is 20.8 Å². The molecule has 18 heavy (non-hydrogen) atoms. The van der Waals surface area contributed by atoms with Crippen molar-refractivity contribution in [3.8, 4) is 5.75 Å². The molecule has 0 bridgehead atoms. The van der Waals surface area contributed by atoms with Gasteiger partial charge in [-0.15, -0.1) is 21.8 Å². The van der Waals surface area contributed by atoms with E-state index in [-0.39, 0.29) is 0 Å². The molecule has 0 aliphatic carbocycles. The van der Waals surface area contributed by atoms with E-state index in [9.17, 15) is 0 Å². The second-order valence-electron chi connectivity index (χ2n) is 3.94.